The summed E-state index contributed by atoms with van der Waals surface area (Å²) < 4.78 is 0. The number of piperidine rings is 1. The number of para-hydroxylation sites is 1. The number of carbonyl (C=O) groups is 2. The van der Waals surface area contributed by atoms with Gasteiger partial charge in [-0.25, -0.2) is 0 Å². The minimum atomic E-state index is -0.123. The topological polar surface area (TPSA) is 40.6 Å². The number of benzene rings is 1. The summed E-state index contributed by atoms with van der Waals surface area (Å²) in [5.74, 6) is 0.793. The Bertz CT molecular complexity index is 564. The number of carbonyl (C=O) groups excluding carboxylic acids is 2. The molecule has 3 rings (SSSR count). The van der Waals surface area contributed by atoms with Crippen molar-refractivity contribution in [3.8, 4) is 0 Å². The molecule has 2 amide bonds. The first-order valence-electron chi connectivity index (χ1n) is 8.77. The van der Waals surface area contributed by atoms with E-state index in [0.29, 0.717) is 18.9 Å². The van der Waals surface area contributed by atoms with Gasteiger partial charge >= 0.3 is 0 Å². The number of nitrogens with zero attached hydrogens (tertiary/aromatic N) is 2. The summed E-state index contributed by atoms with van der Waals surface area (Å²) in [6.07, 6.45) is 2.89. The summed E-state index contributed by atoms with van der Waals surface area (Å²) >= 11 is 0. The Hall–Kier alpha value is -1.84. The van der Waals surface area contributed by atoms with Crippen molar-refractivity contribution < 1.29 is 9.59 Å². The van der Waals surface area contributed by atoms with E-state index in [2.05, 4.69) is 6.92 Å². The van der Waals surface area contributed by atoms with E-state index in [-0.39, 0.29) is 23.7 Å². The first kappa shape index (κ1) is 16.0. The molecule has 2 unspecified atom stereocenters. The van der Waals surface area contributed by atoms with Gasteiger partial charge in [0.1, 0.15) is 0 Å². The van der Waals surface area contributed by atoms with Crippen LogP contribution in [0.3, 0.4) is 0 Å². The fraction of sp³-hybridized carbons (Fsp3) is 0.579. The third-order valence-corrected chi connectivity index (χ3v) is 5.17. The summed E-state index contributed by atoms with van der Waals surface area (Å²) in [5.41, 5.74) is 0.921. The van der Waals surface area contributed by atoms with E-state index in [1.54, 1.807) is 4.90 Å². The smallest absolute Gasteiger partial charge is 0.230 e. The van der Waals surface area contributed by atoms with E-state index in [1.807, 2.05) is 42.2 Å². The van der Waals surface area contributed by atoms with Crippen molar-refractivity contribution in [1.29, 1.82) is 0 Å². The number of likely N-dealkylation sites (tertiary alicyclic amines) is 1. The number of anilines is 1. The van der Waals surface area contributed by atoms with Crippen LogP contribution in [0.15, 0.2) is 30.3 Å². The van der Waals surface area contributed by atoms with E-state index >= 15 is 0 Å². The molecule has 1 aromatic rings. The lowest BCUT2D eigenvalue weighted by atomic mass is 9.99. The third kappa shape index (κ3) is 3.41. The van der Waals surface area contributed by atoms with Crippen molar-refractivity contribution in [2.75, 3.05) is 24.5 Å². The van der Waals surface area contributed by atoms with Gasteiger partial charge in [0.25, 0.3) is 0 Å². The van der Waals surface area contributed by atoms with Crippen molar-refractivity contribution in [3.05, 3.63) is 30.3 Å². The zero-order valence-corrected chi connectivity index (χ0v) is 14.1. The van der Waals surface area contributed by atoms with Crippen molar-refractivity contribution >= 4 is 17.5 Å². The number of rotatable bonds is 4. The molecule has 4 heteroatoms. The van der Waals surface area contributed by atoms with Crippen LogP contribution in [0.5, 0.6) is 0 Å². The van der Waals surface area contributed by atoms with Gasteiger partial charge in [0.2, 0.25) is 11.8 Å². The monoisotopic (exact) mass is 314 g/mol. The van der Waals surface area contributed by atoms with Gasteiger partial charge in [-0.05, 0) is 44.2 Å². The van der Waals surface area contributed by atoms with Gasteiger partial charge in [0.15, 0.2) is 0 Å². The average molecular weight is 314 g/mol. The molecule has 0 radical (unpaired) electrons. The molecular weight excluding hydrogens is 288 g/mol. The minimum Gasteiger partial charge on any atom is -0.342 e. The highest BCUT2D eigenvalue weighted by molar-refractivity contribution is 6.01. The summed E-state index contributed by atoms with van der Waals surface area (Å²) in [4.78, 5) is 29.1. The molecule has 1 heterocycles. The second-order valence-electron chi connectivity index (χ2n) is 6.87. The van der Waals surface area contributed by atoms with Gasteiger partial charge in [0, 0.05) is 25.3 Å². The number of hydrogen-bond donors (Lipinski definition) is 0. The lowest BCUT2D eigenvalue weighted by Gasteiger charge is -2.30. The molecule has 1 saturated carbocycles. The highest BCUT2D eigenvalue weighted by atomic mass is 16.2. The van der Waals surface area contributed by atoms with E-state index < -0.39 is 0 Å². The second-order valence-corrected chi connectivity index (χ2v) is 6.87. The molecular formula is C19H26N2O2. The molecule has 0 aromatic heterocycles. The van der Waals surface area contributed by atoms with Gasteiger partial charge in [-0.3, -0.25) is 9.59 Å². The molecule has 0 N–H and O–H groups in total. The lowest BCUT2D eigenvalue weighted by Crippen LogP contribution is -2.40. The van der Waals surface area contributed by atoms with Crippen LogP contribution in [0.1, 0.15) is 33.1 Å². The molecule has 1 aliphatic heterocycles. The fourth-order valence-electron chi connectivity index (χ4n) is 3.48. The molecule has 1 aromatic carbocycles. The Morgan fingerprint density at radius 1 is 1.13 bits per heavy atom. The molecule has 1 aliphatic carbocycles. The van der Waals surface area contributed by atoms with Gasteiger partial charge in [0.05, 0.1) is 11.8 Å². The summed E-state index contributed by atoms with van der Waals surface area (Å²) in [5, 5.41) is 0. The zero-order valence-electron chi connectivity index (χ0n) is 14.1. The van der Waals surface area contributed by atoms with Crippen molar-refractivity contribution in [1.82, 2.24) is 4.90 Å². The summed E-state index contributed by atoms with van der Waals surface area (Å²) in [7, 11) is 0. The van der Waals surface area contributed by atoms with E-state index in [9.17, 15) is 9.59 Å². The third-order valence-electron chi connectivity index (χ3n) is 5.17. The Labute approximate surface area is 138 Å². The predicted molar refractivity (Wildman–Crippen MR) is 91.0 cm³/mol. The Morgan fingerprint density at radius 2 is 1.78 bits per heavy atom. The highest BCUT2D eigenvalue weighted by Gasteiger charge is 2.51. The zero-order chi connectivity index (χ0) is 16.4. The van der Waals surface area contributed by atoms with Gasteiger partial charge < -0.3 is 9.80 Å². The molecule has 124 valence electrons. The number of hydrogen-bond acceptors (Lipinski definition) is 2. The van der Waals surface area contributed by atoms with Crippen LogP contribution in [0, 0.1) is 17.8 Å². The molecule has 0 spiro atoms. The average Bonchev–Trinajstić information content (AvgIpc) is 3.37. The van der Waals surface area contributed by atoms with Crippen LogP contribution in [0.25, 0.3) is 0 Å². The Balaban J connectivity index is 1.61. The largest absolute Gasteiger partial charge is 0.342 e. The van der Waals surface area contributed by atoms with Gasteiger partial charge in [-0.1, -0.05) is 25.1 Å². The highest BCUT2D eigenvalue weighted by Crippen LogP contribution is 2.42. The normalized spacial score (nSPS) is 24.3. The first-order chi connectivity index (χ1) is 11.1. The van der Waals surface area contributed by atoms with Crippen LogP contribution < -0.4 is 4.90 Å². The van der Waals surface area contributed by atoms with Crippen LogP contribution >= 0.6 is 0 Å². The first-order valence-corrected chi connectivity index (χ1v) is 8.77. The molecule has 2 fully saturated rings. The Kier molecular flexibility index (Phi) is 4.69. The molecule has 0 bridgehead atoms. The van der Waals surface area contributed by atoms with Crippen LogP contribution in [0.2, 0.25) is 0 Å². The second kappa shape index (κ2) is 6.73. The minimum absolute atomic E-state index is 0.0892. The van der Waals surface area contributed by atoms with Crippen LogP contribution in [-0.4, -0.2) is 36.3 Å². The molecule has 2 atom stereocenters. The molecule has 1 saturated heterocycles. The lowest BCUT2D eigenvalue weighted by molar-refractivity contribution is -0.135. The molecule has 2 aliphatic rings. The van der Waals surface area contributed by atoms with E-state index in [4.69, 9.17) is 0 Å². The number of amides is 2. The van der Waals surface area contributed by atoms with Crippen molar-refractivity contribution in [2.24, 2.45) is 17.8 Å². The van der Waals surface area contributed by atoms with E-state index in [0.717, 1.165) is 31.6 Å². The fourth-order valence-corrected chi connectivity index (χ4v) is 3.48. The Morgan fingerprint density at radius 3 is 2.39 bits per heavy atom. The predicted octanol–water partition coefficient (Wildman–Crippen LogP) is 2.93. The SMILES string of the molecule is CCN(C(=O)C1CC1C(=O)N1CCC(C)CC1)c1ccccc1. The molecule has 4 nitrogen and oxygen atoms in total. The van der Waals surface area contributed by atoms with Crippen molar-refractivity contribution in [3.63, 3.8) is 0 Å². The maximum absolute atomic E-state index is 12.7. The maximum Gasteiger partial charge on any atom is 0.230 e. The maximum atomic E-state index is 12.7. The van der Waals surface area contributed by atoms with E-state index in [1.165, 1.54) is 0 Å². The molecule has 23 heavy (non-hydrogen) atoms. The summed E-state index contributed by atoms with van der Waals surface area (Å²) in [6, 6.07) is 9.73. The van der Waals surface area contributed by atoms with Gasteiger partial charge in [-0.15, -0.1) is 0 Å². The summed E-state index contributed by atoms with van der Waals surface area (Å²) in [6.45, 7) is 6.57. The van der Waals surface area contributed by atoms with Crippen LogP contribution in [0.4, 0.5) is 5.69 Å². The van der Waals surface area contributed by atoms with Crippen LogP contribution in [-0.2, 0) is 9.59 Å². The van der Waals surface area contributed by atoms with Gasteiger partial charge in [-0.2, -0.15) is 0 Å². The standard InChI is InChI=1S/C19H26N2O2/c1-3-21(15-7-5-4-6-8-15)19(23)17-13-16(17)18(22)20-11-9-14(2)10-12-20/h4-8,14,16-17H,3,9-13H2,1-2H3. The van der Waals surface area contributed by atoms with Crippen molar-refractivity contribution in [2.45, 2.75) is 33.1 Å². The quantitative estimate of drug-likeness (QED) is 0.857.